The van der Waals surface area contributed by atoms with Crippen LogP contribution < -0.4 is 5.73 Å². The van der Waals surface area contributed by atoms with Gasteiger partial charge in [0.25, 0.3) is 0 Å². The first kappa shape index (κ1) is 25.7. The molecule has 11 nitrogen and oxygen atoms in total. The van der Waals surface area contributed by atoms with Gasteiger partial charge in [0.15, 0.2) is 5.65 Å². The topological polar surface area (TPSA) is 170 Å². The Labute approximate surface area is 217 Å². The van der Waals surface area contributed by atoms with E-state index in [9.17, 15) is 23.8 Å². The minimum absolute atomic E-state index is 0. The monoisotopic (exact) mass is 527 g/mol. The Morgan fingerprint density at radius 2 is 1.92 bits per heavy atom. The van der Waals surface area contributed by atoms with Crippen molar-refractivity contribution in [3.05, 3.63) is 35.9 Å². The van der Waals surface area contributed by atoms with Gasteiger partial charge < -0.3 is 25.4 Å². The number of amides is 1. The van der Waals surface area contributed by atoms with Crippen molar-refractivity contribution in [2.45, 2.75) is 80.9 Å². The standard InChI is InChI=1S/C24H28N6O5S.CH4/c25-22-21(36(34)35)20(14-8-15-3-4-16(9-14)29(15)19(32)12-31)28-23-17(11-27-30(22)23)13-2-5-18(26-10-13)24(33)6-1-7-24;/h2,5,10-11,14-16,31,33H,1,3-4,6-9,12,25H2,(H,34,35);1H4/p-1/t14?,15-,16+;. The summed E-state index contributed by atoms with van der Waals surface area (Å²) in [6.07, 6.45) is 8.32. The Bertz CT molecular complexity index is 1360. The first-order valence-electron chi connectivity index (χ1n) is 12.2. The highest BCUT2D eigenvalue weighted by Crippen LogP contribution is 2.45. The number of hydrogen-bond acceptors (Lipinski definition) is 9. The summed E-state index contributed by atoms with van der Waals surface area (Å²) in [7, 11) is 0. The predicted molar refractivity (Wildman–Crippen MR) is 135 cm³/mol. The smallest absolute Gasteiger partial charge is 0.248 e. The Balaban J connectivity index is 0.00000280. The molecule has 198 valence electrons. The van der Waals surface area contributed by atoms with Crippen LogP contribution in [0.25, 0.3) is 16.8 Å². The fourth-order valence-corrected chi connectivity index (χ4v) is 6.79. The van der Waals surface area contributed by atoms with Crippen LogP contribution in [0.15, 0.2) is 29.4 Å². The van der Waals surface area contributed by atoms with E-state index < -0.39 is 23.3 Å². The van der Waals surface area contributed by atoms with Gasteiger partial charge in [-0.25, -0.2) is 4.98 Å². The molecule has 0 aromatic carbocycles. The van der Waals surface area contributed by atoms with E-state index in [1.807, 2.05) is 6.07 Å². The molecule has 3 aromatic rings. The van der Waals surface area contributed by atoms with Crippen molar-refractivity contribution in [1.29, 1.82) is 0 Å². The highest BCUT2D eigenvalue weighted by molar-refractivity contribution is 7.79. The first-order valence-corrected chi connectivity index (χ1v) is 13.3. The van der Waals surface area contributed by atoms with Gasteiger partial charge in [-0.05, 0) is 62.1 Å². The molecular formula is C25H31N6O5S-. The number of aromatic nitrogens is 4. The molecule has 6 rings (SSSR count). The maximum absolute atomic E-state index is 12.3. The third-order valence-corrected chi connectivity index (χ3v) is 8.86. The normalized spacial score (nSPS) is 24.9. The molecule has 2 unspecified atom stereocenters. The lowest BCUT2D eigenvalue weighted by Gasteiger charge is -2.39. The molecular weight excluding hydrogens is 496 g/mol. The van der Waals surface area contributed by atoms with E-state index in [-0.39, 0.29) is 42.0 Å². The van der Waals surface area contributed by atoms with Gasteiger partial charge in [0, 0.05) is 35.3 Å². The average Bonchev–Trinajstić information content (AvgIpc) is 3.40. The highest BCUT2D eigenvalue weighted by atomic mass is 32.2. The van der Waals surface area contributed by atoms with Gasteiger partial charge >= 0.3 is 0 Å². The molecule has 2 saturated heterocycles. The summed E-state index contributed by atoms with van der Waals surface area (Å²) in [5.74, 6) is -0.511. The highest BCUT2D eigenvalue weighted by Gasteiger charge is 2.44. The van der Waals surface area contributed by atoms with Crippen LogP contribution in [0.4, 0.5) is 5.82 Å². The summed E-state index contributed by atoms with van der Waals surface area (Å²) >= 11 is -2.63. The van der Waals surface area contributed by atoms with E-state index in [4.69, 9.17) is 10.7 Å². The van der Waals surface area contributed by atoms with Gasteiger partial charge in [-0.15, -0.1) is 0 Å². The summed E-state index contributed by atoms with van der Waals surface area (Å²) < 4.78 is 25.9. The van der Waals surface area contributed by atoms with Gasteiger partial charge in [-0.2, -0.15) is 9.61 Å². The molecule has 1 saturated carbocycles. The largest absolute Gasteiger partial charge is 0.768 e. The lowest BCUT2D eigenvalue weighted by atomic mass is 9.77. The van der Waals surface area contributed by atoms with E-state index in [1.54, 1.807) is 23.4 Å². The first-order chi connectivity index (χ1) is 17.3. The Kier molecular flexibility index (Phi) is 6.55. The fraction of sp³-hybridized carbons (Fsp3) is 0.520. The van der Waals surface area contributed by atoms with Crippen LogP contribution in [0.1, 0.15) is 69.7 Å². The third-order valence-electron chi connectivity index (χ3n) is 8.11. The maximum atomic E-state index is 12.3. The number of nitrogens with zero attached hydrogens (tertiary/aromatic N) is 5. The van der Waals surface area contributed by atoms with Gasteiger partial charge in [0.2, 0.25) is 5.91 Å². The molecule has 2 aliphatic heterocycles. The molecule has 0 radical (unpaired) electrons. The number of piperidine rings is 1. The van der Waals surface area contributed by atoms with Crippen molar-refractivity contribution in [1.82, 2.24) is 24.5 Å². The van der Waals surface area contributed by atoms with Crippen molar-refractivity contribution in [2.75, 3.05) is 12.3 Å². The molecule has 3 aliphatic rings. The molecule has 3 fully saturated rings. The SMILES string of the molecule is C.Nc1c(S(=O)[O-])c(C2C[C@H]3CC[C@@H](C2)N3C(=O)CO)nc2c(-c3ccc(C4(O)CCC4)nc3)cnn12. The Morgan fingerprint density at radius 3 is 2.46 bits per heavy atom. The summed E-state index contributed by atoms with van der Waals surface area (Å²) in [4.78, 5) is 23.2. The Morgan fingerprint density at radius 1 is 1.22 bits per heavy atom. The van der Waals surface area contributed by atoms with Crippen LogP contribution in [-0.4, -0.2) is 68.1 Å². The van der Waals surface area contributed by atoms with Crippen molar-refractivity contribution < 1.29 is 23.8 Å². The van der Waals surface area contributed by atoms with E-state index in [0.717, 1.165) is 24.8 Å². The maximum Gasteiger partial charge on any atom is 0.248 e. The van der Waals surface area contributed by atoms with Crippen LogP contribution in [0.5, 0.6) is 0 Å². The number of aliphatic hydroxyl groups is 2. The van der Waals surface area contributed by atoms with E-state index >= 15 is 0 Å². The van der Waals surface area contributed by atoms with Crippen molar-refractivity contribution in [3.63, 3.8) is 0 Å². The number of pyridine rings is 1. The van der Waals surface area contributed by atoms with Gasteiger partial charge in [-0.3, -0.25) is 14.0 Å². The van der Waals surface area contributed by atoms with E-state index in [1.165, 1.54) is 4.52 Å². The average molecular weight is 528 g/mol. The van der Waals surface area contributed by atoms with Crippen molar-refractivity contribution >= 4 is 28.5 Å². The summed E-state index contributed by atoms with van der Waals surface area (Å²) in [5, 5.41) is 24.3. The van der Waals surface area contributed by atoms with Crippen LogP contribution >= 0.6 is 0 Å². The number of carbonyl (C=O) groups is 1. The van der Waals surface area contributed by atoms with Gasteiger partial charge in [-0.1, -0.05) is 13.5 Å². The number of nitrogen functional groups attached to an aromatic ring is 1. The lowest BCUT2D eigenvalue weighted by molar-refractivity contribution is -0.138. The second kappa shape index (κ2) is 9.43. The molecule has 2 bridgehead atoms. The molecule has 0 spiro atoms. The molecule has 1 aliphatic carbocycles. The molecule has 3 aromatic heterocycles. The van der Waals surface area contributed by atoms with Crippen LogP contribution in [-0.2, 0) is 21.5 Å². The zero-order valence-corrected chi connectivity index (χ0v) is 20.4. The number of rotatable bonds is 5. The van der Waals surface area contributed by atoms with E-state index in [0.29, 0.717) is 48.3 Å². The Hall–Kier alpha value is -2.93. The summed E-state index contributed by atoms with van der Waals surface area (Å²) in [6.45, 7) is -0.534. The molecule has 4 N–H and O–H groups in total. The number of carbonyl (C=O) groups excluding carboxylic acids is 1. The second-order valence-electron chi connectivity index (χ2n) is 10.1. The van der Waals surface area contributed by atoms with Gasteiger partial charge in [0.05, 0.1) is 22.5 Å². The predicted octanol–water partition coefficient (Wildman–Crippen LogP) is 1.85. The minimum atomic E-state index is -2.63. The summed E-state index contributed by atoms with van der Waals surface area (Å²) in [6, 6.07) is 3.51. The lowest BCUT2D eigenvalue weighted by Crippen LogP contribution is -2.47. The van der Waals surface area contributed by atoms with Crippen LogP contribution in [0.2, 0.25) is 0 Å². The van der Waals surface area contributed by atoms with Gasteiger partial charge in [0.1, 0.15) is 18.0 Å². The zero-order valence-electron chi connectivity index (χ0n) is 19.5. The molecule has 1 amide bonds. The number of hydrogen-bond donors (Lipinski definition) is 3. The van der Waals surface area contributed by atoms with Crippen molar-refractivity contribution in [2.24, 2.45) is 0 Å². The molecule has 12 heteroatoms. The van der Waals surface area contributed by atoms with E-state index in [2.05, 4.69) is 10.1 Å². The summed E-state index contributed by atoms with van der Waals surface area (Å²) in [5.41, 5.74) is 8.29. The molecule has 5 heterocycles. The number of fused-ring (bicyclic) bond motifs is 3. The third kappa shape index (κ3) is 4.02. The second-order valence-corrected chi connectivity index (χ2v) is 10.9. The number of anilines is 1. The fourth-order valence-electron chi connectivity index (χ4n) is 6.15. The van der Waals surface area contributed by atoms with Crippen molar-refractivity contribution in [3.8, 4) is 11.1 Å². The quantitative estimate of drug-likeness (QED) is 0.419. The zero-order chi connectivity index (χ0) is 25.2. The van der Waals surface area contributed by atoms with Crippen LogP contribution in [0.3, 0.4) is 0 Å². The van der Waals surface area contributed by atoms with Crippen LogP contribution in [0, 0.1) is 0 Å². The molecule has 4 atom stereocenters. The minimum Gasteiger partial charge on any atom is -0.768 e. The number of aliphatic hydroxyl groups excluding tert-OH is 1. The number of nitrogens with two attached hydrogens (primary N) is 1. The molecule has 37 heavy (non-hydrogen) atoms.